The van der Waals surface area contributed by atoms with Crippen LogP contribution in [0.2, 0.25) is 0 Å². The minimum atomic E-state index is -0.601. The zero-order valence-corrected chi connectivity index (χ0v) is 18.9. The van der Waals surface area contributed by atoms with Gasteiger partial charge in [0.2, 0.25) is 11.8 Å². The van der Waals surface area contributed by atoms with Gasteiger partial charge in [-0.25, -0.2) is 15.0 Å². The summed E-state index contributed by atoms with van der Waals surface area (Å²) >= 11 is 1.35. The number of aromatic nitrogens is 3. The van der Waals surface area contributed by atoms with Crippen molar-refractivity contribution in [3.8, 4) is 28.8 Å². The molecule has 0 saturated carbocycles. The summed E-state index contributed by atoms with van der Waals surface area (Å²) in [5.74, 6) is 0.305. The first kappa shape index (κ1) is 21.7. The van der Waals surface area contributed by atoms with E-state index in [1.807, 2.05) is 19.9 Å². The number of ether oxygens (including phenoxy) is 3. The molecule has 2 aromatic heterocycles. The molecule has 0 spiro atoms. The van der Waals surface area contributed by atoms with Gasteiger partial charge < -0.3 is 14.2 Å². The van der Waals surface area contributed by atoms with Gasteiger partial charge in [-0.05, 0) is 25.0 Å². The fraction of sp³-hybridized carbons (Fsp3) is 0.318. The molecule has 1 aromatic carbocycles. The Balaban J connectivity index is 1.78. The molecule has 32 heavy (non-hydrogen) atoms. The van der Waals surface area contributed by atoms with E-state index >= 15 is 0 Å². The van der Waals surface area contributed by atoms with Gasteiger partial charge in [0, 0.05) is 11.1 Å². The summed E-state index contributed by atoms with van der Waals surface area (Å²) in [7, 11) is 2.83. The van der Waals surface area contributed by atoms with E-state index in [-0.39, 0.29) is 17.3 Å². The highest BCUT2D eigenvalue weighted by atomic mass is 32.1. The molecule has 0 radical (unpaired) electrons. The largest absolute Gasteiger partial charge is 0.481 e. The van der Waals surface area contributed by atoms with E-state index in [9.17, 15) is 9.59 Å². The summed E-state index contributed by atoms with van der Waals surface area (Å²) in [4.78, 5) is 37.9. The first-order valence-corrected chi connectivity index (χ1v) is 10.9. The van der Waals surface area contributed by atoms with Gasteiger partial charge >= 0.3 is 0 Å². The molecule has 4 rings (SSSR count). The van der Waals surface area contributed by atoms with Gasteiger partial charge in [0.1, 0.15) is 24.0 Å². The van der Waals surface area contributed by atoms with E-state index in [0.717, 1.165) is 22.4 Å². The van der Waals surface area contributed by atoms with Gasteiger partial charge in [0.15, 0.2) is 10.7 Å². The zero-order valence-electron chi connectivity index (χ0n) is 18.1. The summed E-state index contributed by atoms with van der Waals surface area (Å²) in [6.45, 7) is 4.08. The third-order valence-corrected chi connectivity index (χ3v) is 6.65. The Morgan fingerprint density at radius 2 is 1.88 bits per heavy atom. The molecule has 1 N–H and O–H groups in total. The maximum absolute atomic E-state index is 13.1. The number of rotatable bonds is 7. The average Bonchev–Trinajstić information content (AvgIpc) is 3.26. The summed E-state index contributed by atoms with van der Waals surface area (Å²) in [6.07, 6.45) is 3.44. The van der Waals surface area contributed by atoms with Crippen molar-refractivity contribution in [2.75, 3.05) is 19.5 Å². The molecule has 1 aliphatic rings. The number of nitrogens with one attached hydrogen (secondary N) is 1. The fourth-order valence-corrected chi connectivity index (χ4v) is 4.99. The van der Waals surface area contributed by atoms with Crippen LogP contribution >= 0.6 is 11.3 Å². The van der Waals surface area contributed by atoms with Crippen LogP contribution in [0.3, 0.4) is 0 Å². The van der Waals surface area contributed by atoms with Crippen LogP contribution in [-0.2, 0) is 5.60 Å². The Morgan fingerprint density at radius 1 is 1.19 bits per heavy atom. The second kappa shape index (κ2) is 8.54. The monoisotopic (exact) mass is 454 g/mol. The molecular formula is C22H22N4O5S. The van der Waals surface area contributed by atoms with Crippen LogP contribution in [0.4, 0.5) is 5.13 Å². The Bertz CT molecular complexity index is 1170. The normalized spacial score (nSPS) is 13.4. The van der Waals surface area contributed by atoms with Crippen molar-refractivity contribution in [3.63, 3.8) is 0 Å². The maximum atomic E-state index is 13.1. The summed E-state index contributed by atoms with van der Waals surface area (Å²) in [6, 6.07) is 5.26. The lowest BCUT2D eigenvalue weighted by molar-refractivity contribution is 0.0581. The second-order valence-electron chi connectivity index (χ2n) is 7.10. The maximum Gasteiger partial charge on any atom is 0.268 e. The van der Waals surface area contributed by atoms with E-state index in [2.05, 4.69) is 15.3 Å². The van der Waals surface area contributed by atoms with Crippen molar-refractivity contribution in [2.24, 2.45) is 0 Å². The summed E-state index contributed by atoms with van der Waals surface area (Å²) < 4.78 is 16.8. The molecule has 0 bridgehead atoms. The quantitative estimate of drug-likeness (QED) is 0.531. The van der Waals surface area contributed by atoms with Crippen molar-refractivity contribution in [1.29, 1.82) is 0 Å². The summed E-state index contributed by atoms with van der Waals surface area (Å²) in [5.41, 5.74) is 1.51. The van der Waals surface area contributed by atoms with Crippen molar-refractivity contribution in [2.45, 2.75) is 32.3 Å². The number of benzene rings is 1. The molecule has 3 aromatic rings. The highest BCUT2D eigenvalue weighted by Crippen LogP contribution is 2.51. The first-order chi connectivity index (χ1) is 15.5. The number of aldehydes is 1. The van der Waals surface area contributed by atoms with Crippen molar-refractivity contribution in [1.82, 2.24) is 15.0 Å². The number of hydrogen-bond donors (Lipinski definition) is 1. The van der Waals surface area contributed by atoms with Gasteiger partial charge in [-0.2, -0.15) is 0 Å². The Kier molecular flexibility index (Phi) is 5.79. The summed E-state index contributed by atoms with van der Waals surface area (Å²) in [5, 5.41) is 3.22. The first-order valence-electron chi connectivity index (χ1n) is 10.0. The van der Waals surface area contributed by atoms with Crippen LogP contribution in [0.25, 0.3) is 11.3 Å². The molecule has 0 fully saturated rings. The smallest absolute Gasteiger partial charge is 0.268 e. The molecule has 1 aliphatic heterocycles. The molecule has 0 saturated heterocycles. The SMILES string of the molecule is CCC1(CC)Oc2cc(C=O)ccc2-c2nc(NC(=O)c3c(OC)ncnc3OC)sc21. The zero-order chi connectivity index (χ0) is 22.9. The molecule has 0 unspecified atom stereocenters. The number of hydrogen-bond acceptors (Lipinski definition) is 9. The van der Waals surface area contributed by atoms with Gasteiger partial charge in [-0.3, -0.25) is 14.9 Å². The number of carbonyl (C=O) groups is 2. The van der Waals surface area contributed by atoms with E-state index in [1.54, 1.807) is 12.1 Å². The molecule has 9 nitrogen and oxygen atoms in total. The lowest BCUT2D eigenvalue weighted by Gasteiger charge is -2.36. The Labute approximate surface area is 188 Å². The van der Waals surface area contributed by atoms with Crippen molar-refractivity contribution in [3.05, 3.63) is 40.5 Å². The van der Waals surface area contributed by atoms with E-state index in [0.29, 0.717) is 29.3 Å². The lowest BCUT2D eigenvalue weighted by Crippen LogP contribution is -2.33. The van der Waals surface area contributed by atoms with Crippen molar-refractivity contribution < 1.29 is 23.8 Å². The molecule has 1 amide bonds. The third kappa shape index (κ3) is 3.46. The lowest BCUT2D eigenvalue weighted by atomic mass is 9.89. The number of methoxy groups -OCH3 is 2. The van der Waals surface area contributed by atoms with Crippen molar-refractivity contribution >= 4 is 28.7 Å². The topological polar surface area (TPSA) is 113 Å². The number of anilines is 1. The second-order valence-corrected chi connectivity index (χ2v) is 8.09. The average molecular weight is 455 g/mol. The van der Waals surface area contributed by atoms with Crippen LogP contribution < -0.4 is 19.5 Å². The number of amides is 1. The van der Waals surface area contributed by atoms with Crippen LogP contribution in [0.15, 0.2) is 24.5 Å². The predicted molar refractivity (Wildman–Crippen MR) is 119 cm³/mol. The number of carbonyl (C=O) groups excluding carboxylic acids is 2. The Hall–Kier alpha value is -3.53. The molecule has 0 atom stereocenters. The molecule has 166 valence electrons. The fourth-order valence-electron chi connectivity index (χ4n) is 3.75. The van der Waals surface area contributed by atoms with Crippen LogP contribution in [0, 0.1) is 0 Å². The molecule has 0 aliphatic carbocycles. The van der Waals surface area contributed by atoms with Gasteiger partial charge in [-0.15, -0.1) is 0 Å². The van der Waals surface area contributed by atoms with Gasteiger partial charge in [-0.1, -0.05) is 31.3 Å². The van der Waals surface area contributed by atoms with Crippen LogP contribution in [0.1, 0.15) is 52.3 Å². The van der Waals surface area contributed by atoms with Crippen LogP contribution in [-0.4, -0.2) is 41.4 Å². The van der Waals surface area contributed by atoms with Gasteiger partial charge in [0.25, 0.3) is 5.91 Å². The predicted octanol–water partition coefficient (Wildman–Crippen LogP) is 4.09. The molecule has 3 heterocycles. The number of fused-ring (bicyclic) bond motifs is 3. The van der Waals surface area contributed by atoms with E-state index in [1.165, 1.54) is 31.9 Å². The highest BCUT2D eigenvalue weighted by molar-refractivity contribution is 7.16. The number of nitrogens with zero attached hydrogens (tertiary/aromatic N) is 3. The third-order valence-electron chi connectivity index (χ3n) is 5.50. The molecule has 10 heteroatoms. The Morgan fingerprint density at radius 3 is 2.47 bits per heavy atom. The molecular weight excluding hydrogens is 432 g/mol. The van der Waals surface area contributed by atoms with E-state index < -0.39 is 11.5 Å². The minimum Gasteiger partial charge on any atom is -0.481 e. The standard InChI is InChI=1S/C22H22N4O5S/c1-5-22(6-2)17-16(13-8-7-12(10-27)9-14(13)31-22)25-21(32-17)26-18(28)15-19(29-3)23-11-24-20(15)30-4/h7-11H,5-6H2,1-4H3,(H,25,26,28). The van der Waals surface area contributed by atoms with E-state index in [4.69, 9.17) is 19.2 Å². The minimum absolute atomic E-state index is 0.0789. The highest BCUT2D eigenvalue weighted by Gasteiger charge is 2.41. The number of thiazole rings is 1. The van der Waals surface area contributed by atoms with Gasteiger partial charge in [0.05, 0.1) is 24.8 Å². The van der Waals surface area contributed by atoms with Crippen LogP contribution in [0.5, 0.6) is 17.5 Å².